The summed E-state index contributed by atoms with van der Waals surface area (Å²) in [5, 5.41) is 20.0. The number of aliphatic hydroxyl groups excluding tert-OH is 1. The number of hydrogen-bond acceptors (Lipinski definition) is 6. The molecule has 7 nitrogen and oxygen atoms in total. The zero-order chi connectivity index (χ0) is 21.7. The van der Waals surface area contributed by atoms with Crippen LogP contribution in [0.2, 0.25) is 5.02 Å². The van der Waals surface area contributed by atoms with Crippen LogP contribution in [0, 0.1) is 0 Å². The van der Waals surface area contributed by atoms with Crippen LogP contribution in [0.4, 0.5) is 18.9 Å². The number of aliphatic hydroxyl groups is 1. The summed E-state index contributed by atoms with van der Waals surface area (Å²) < 4.78 is 45.7. The van der Waals surface area contributed by atoms with Crippen LogP contribution < -0.4 is 15.4 Å². The highest BCUT2D eigenvalue weighted by atomic mass is 35.5. The first-order valence-electron chi connectivity index (χ1n) is 8.37. The Morgan fingerprint density at radius 3 is 2.43 bits per heavy atom. The Balaban J connectivity index is 1.65. The second-order valence-corrected chi connectivity index (χ2v) is 6.71. The van der Waals surface area contributed by atoms with Crippen molar-refractivity contribution in [2.24, 2.45) is 0 Å². The Morgan fingerprint density at radius 2 is 1.83 bits per heavy atom. The summed E-state index contributed by atoms with van der Waals surface area (Å²) in [4.78, 5) is 4.16. The maximum Gasteiger partial charge on any atom is 0.573 e. The summed E-state index contributed by atoms with van der Waals surface area (Å²) in [7, 11) is 0. The zero-order valence-corrected chi connectivity index (χ0v) is 16.6. The van der Waals surface area contributed by atoms with Crippen molar-refractivity contribution in [2.75, 3.05) is 11.9 Å². The molecule has 0 bridgehead atoms. The highest BCUT2D eigenvalue weighted by molar-refractivity contribution is 7.80. The lowest BCUT2D eigenvalue weighted by Gasteiger charge is -2.15. The molecule has 0 aliphatic carbocycles. The maximum atomic E-state index is 12.2. The van der Waals surface area contributed by atoms with Gasteiger partial charge in [-0.1, -0.05) is 16.8 Å². The number of benzene rings is 2. The fourth-order valence-electron chi connectivity index (χ4n) is 2.34. The van der Waals surface area contributed by atoms with Crippen molar-refractivity contribution in [1.29, 1.82) is 0 Å². The largest absolute Gasteiger partial charge is 0.573 e. The molecule has 12 heteroatoms. The molecule has 158 valence electrons. The maximum absolute atomic E-state index is 12.2. The lowest BCUT2D eigenvalue weighted by Crippen LogP contribution is -2.34. The molecule has 0 radical (unpaired) electrons. The van der Waals surface area contributed by atoms with Crippen molar-refractivity contribution in [1.82, 2.24) is 15.5 Å². The monoisotopic (exact) mass is 458 g/mol. The normalized spacial score (nSPS) is 12.3. The van der Waals surface area contributed by atoms with Crippen LogP contribution in [-0.4, -0.2) is 33.3 Å². The summed E-state index contributed by atoms with van der Waals surface area (Å²) in [5.74, 6) is -0.202. The quantitative estimate of drug-likeness (QED) is 0.471. The van der Waals surface area contributed by atoms with E-state index in [4.69, 9.17) is 28.3 Å². The minimum absolute atomic E-state index is 0.0448. The first-order valence-corrected chi connectivity index (χ1v) is 9.16. The number of aromatic nitrogens is 2. The Kier molecular flexibility index (Phi) is 6.75. The van der Waals surface area contributed by atoms with Gasteiger partial charge in [-0.25, -0.2) is 0 Å². The van der Waals surface area contributed by atoms with Gasteiger partial charge in [0.25, 0.3) is 5.89 Å². The van der Waals surface area contributed by atoms with Crippen LogP contribution in [-0.2, 0) is 0 Å². The van der Waals surface area contributed by atoms with Crippen LogP contribution in [0.1, 0.15) is 11.9 Å². The van der Waals surface area contributed by atoms with Gasteiger partial charge in [0.2, 0.25) is 5.82 Å². The molecule has 1 atom stereocenters. The molecular formula is C18H14ClF3N4O3S. The van der Waals surface area contributed by atoms with Crippen LogP contribution in [0.25, 0.3) is 11.4 Å². The average Bonchev–Trinajstić information content (AvgIpc) is 3.17. The fourth-order valence-corrected chi connectivity index (χ4v) is 2.73. The fraction of sp³-hybridized carbons (Fsp3) is 0.167. The highest BCUT2D eigenvalue weighted by Gasteiger charge is 2.31. The molecule has 1 aromatic heterocycles. The van der Waals surface area contributed by atoms with Gasteiger partial charge in [-0.05, 0) is 60.7 Å². The molecule has 3 aromatic rings. The van der Waals surface area contributed by atoms with Crippen molar-refractivity contribution in [3.05, 3.63) is 59.4 Å². The molecule has 0 fully saturated rings. The predicted octanol–water partition coefficient (Wildman–Crippen LogP) is 4.31. The van der Waals surface area contributed by atoms with E-state index in [0.29, 0.717) is 16.3 Å². The topological polar surface area (TPSA) is 92.4 Å². The van der Waals surface area contributed by atoms with E-state index in [2.05, 4.69) is 25.5 Å². The van der Waals surface area contributed by atoms with Gasteiger partial charge in [-0.3, -0.25) is 0 Å². The summed E-state index contributed by atoms with van der Waals surface area (Å²) in [6.45, 7) is -0.400. The molecule has 0 aliphatic rings. The van der Waals surface area contributed by atoms with Gasteiger partial charge in [-0.2, -0.15) is 4.98 Å². The molecular weight excluding hydrogens is 445 g/mol. The Labute approximate surface area is 178 Å². The smallest absolute Gasteiger partial charge is 0.406 e. The van der Waals surface area contributed by atoms with Crippen LogP contribution >= 0.6 is 23.8 Å². The second-order valence-electron chi connectivity index (χ2n) is 5.87. The average molecular weight is 459 g/mol. The number of halogens is 4. The number of thiocarbonyl (C=S) groups is 1. The summed E-state index contributed by atoms with van der Waals surface area (Å²) in [5.41, 5.74) is 1.08. The number of nitrogens with one attached hydrogen (secondary N) is 2. The third-order valence-electron chi connectivity index (χ3n) is 3.68. The number of hydrogen-bond donors (Lipinski definition) is 3. The van der Waals surface area contributed by atoms with Gasteiger partial charge in [0.15, 0.2) is 5.11 Å². The van der Waals surface area contributed by atoms with E-state index in [9.17, 15) is 18.3 Å². The molecule has 30 heavy (non-hydrogen) atoms. The van der Waals surface area contributed by atoms with Gasteiger partial charge >= 0.3 is 6.36 Å². The van der Waals surface area contributed by atoms with Gasteiger partial charge in [-0.15, -0.1) is 13.2 Å². The van der Waals surface area contributed by atoms with E-state index in [1.165, 1.54) is 12.1 Å². The SMILES string of the molecule is OCC(NC(=S)Nc1ccc(Cl)cc1)c1nc(-c2ccc(OC(F)(F)F)cc2)no1. The Hall–Kier alpha value is -2.89. The summed E-state index contributed by atoms with van der Waals surface area (Å²) in [6.07, 6.45) is -4.78. The third-order valence-corrected chi connectivity index (χ3v) is 4.15. The van der Waals surface area contributed by atoms with Gasteiger partial charge in [0.1, 0.15) is 11.8 Å². The zero-order valence-electron chi connectivity index (χ0n) is 15.0. The van der Waals surface area contributed by atoms with Crippen LogP contribution in [0.15, 0.2) is 53.1 Å². The van der Waals surface area contributed by atoms with Crippen molar-refractivity contribution >= 4 is 34.6 Å². The summed E-state index contributed by atoms with van der Waals surface area (Å²) >= 11 is 11.0. The predicted molar refractivity (Wildman–Crippen MR) is 107 cm³/mol. The van der Waals surface area contributed by atoms with E-state index in [0.717, 1.165) is 12.1 Å². The lowest BCUT2D eigenvalue weighted by atomic mass is 10.2. The van der Waals surface area contributed by atoms with E-state index < -0.39 is 19.0 Å². The Bertz CT molecular complexity index is 997. The second kappa shape index (κ2) is 9.28. The molecule has 0 spiro atoms. The van der Waals surface area contributed by atoms with E-state index >= 15 is 0 Å². The van der Waals surface area contributed by atoms with Crippen molar-refractivity contribution < 1.29 is 27.5 Å². The number of ether oxygens (including phenoxy) is 1. The van der Waals surface area contributed by atoms with Crippen LogP contribution in [0.5, 0.6) is 5.75 Å². The van der Waals surface area contributed by atoms with Crippen molar-refractivity contribution in [3.8, 4) is 17.1 Å². The first-order chi connectivity index (χ1) is 14.2. The summed E-state index contributed by atoms with van der Waals surface area (Å²) in [6, 6.07) is 11.0. The van der Waals surface area contributed by atoms with Crippen molar-refractivity contribution in [2.45, 2.75) is 12.4 Å². The first kappa shape index (κ1) is 21.8. The third kappa shape index (κ3) is 6.05. The molecule has 1 heterocycles. The standard InChI is InChI=1S/C18H14ClF3N4O3S/c19-11-3-5-12(6-4-11)23-17(30)24-14(9-27)16-25-15(26-29-16)10-1-7-13(8-2-10)28-18(20,21)22/h1-8,14,27H,9H2,(H2,23,24,30). The number of alkyl halides is 3. The molecule has 2 aromatic carbocycles. The Morgan fingerprint density at radius 1 is 1.17 bits per heavy atom. The van der Waals surface area contributed by atoms with Crippen molar-refractivity contribution in [3.63, 3.8) is 0 Å². The van der Waals surface area contributed by atoms with Gasteiger partial charge in [0, 0.05) is 16.3 Å². The molecule has 0 saturated carbocycles. The minimum Gasteiger partial charge on any atom is -0.406 e. The minimum atomic E-state index is -4.78. The van der Waals surface area contributed by atoms with Crippen LogP contribution in [0.3, 0.4) is 0 Å². The number of rotatable bonds is 6. The molecule has 0 saturated heterocycles. The van der Waals surface area contributed by atoms with E-state index in [-0.39, 0.29) is 22.6 Å². The molecule has 0 aliphatic heterocycles. The number of nitrogens with zero attached hydrogens (tertiary/aromatic N) is 2. The lowest BCUT2D eigenvalue weighted by molar-refractivity contribution is -0.274. The van der Waals surface area contributed by atoms with Gasteiger partial charge in [0.05, 0.1) is 6.61 Å². The number of anilines is 1. The molecule has 3 N–H and O–H groups in total. The van der Waals surface area contributed by atoms with E-state index in [1.54, 1.807) is 24.3 Å². The van der Waals surface area contributed by atoms with E-state index in [1.807, 2.05) is 0 Å². The van der Waals surface area contributed by atoms with Gasteiger partial charge < -0.3 is 25.0 Å². The molecule has 1 unspecified atom stereocenters. The highest BCUT2D eigenvalue weighted by Crippen LogP contribution is 2.26. The molecule has 3 rings (SSSR count). The molecule has 0 amide bonds.